The summed E-state index contributed by atoms with van der Waals surface area (Å²) in [5.74, 6) is -0.695. The van der Waals surface area contributed by atoms with Crippen molar-refractivity contribution in [2.75, 3.05) is 24.3 Å². The lowest BCUT2D eigenvalue weighted by Crippen LogP contribution is -2.38. The lowest BCUT2D eigenvalue weighted by Gasteiger charge is -2.31. The van der Waals surface area contributed by atoms with Crippen LogP contribution in [-0.2, 0) is 11.3 Å². The normalized spacial score (nSPS) is 12.2. The summed E-state index contributed by atoms with van der Waals surface area (Å²) in [6, 6.07) is 11.5. The Kier molecular flexibility index (Phi) is 8.42. The molecule has 0 heterocycles. The van der Waals surface area contributed by atoms with Crippen molar-refractivity contribution in [2.45, 2.75) is 60.0 Å². The standard InChI is InChI=1S/C26H36FN3O2/c1-8-18(2)30(25(32)19-10-9-11-21(27)14-19)17-20-15-22(12-13-23(20)29(6)7)28-24(31)16-26(3,4)5/h9-15,18H,8,16-17H2,1-7H3,(H,28,31). The molecule has 1 unspecified atom stereocenters. The number of hydrogen-bond donors (Lipinski definition) is 1. The fourth-order valence-corrected chi connectivity index (χ4v) is 3.53. The van der Waals surface area contributed by atoms with Crippen LogP contribution in [0.15, 0.2) is 42.5 Å². The van der Waals surface area contributed by atoms with Crippen LogP contribution in [0.25, 0.3) is 0 Å². The second kappa shape index (κ2) is 10.6. The van der Waals surface area contributed by atoms with Gasteiger partial charge in [-0.25, -0.2) is 4.39 Å². The fourth-order valence-electron chi connectivity index (χ4n) is 3.53. The number of benzene rings is 2. The summed E-state index contributed by atoms with van der Waals surface area (Å²) in [5.41, 5.74) is 2.78. The summed E-state index contributed by atoms with van der Waals surface area (Å²) >= 11 is 0. The van der Waals surface area contributed by atoms with Crippen LogP contribution in [0.5, 0.6) is 0 Å². The van der Waals surface area contributed by atoms with E-state index < -0.39 is 5.82 Å². The van der Waals surface area contributed by atoms with E-state index in [1.54, 1.807) is 17.0 Å². The minimum Gasteiger partial charge on any atom is -0.377 e. The van der Waals surface area contributed by atoms with Gasteiger partial charge in [-0.1, -0.05) is 33.8 Å². The number of carbonyl (C=O) groups excluding carboxylic acids is 2. The zero-order chi connectivity index (χ0) is 24.1. The van der Waals surface area contributed by atoms with E-state index in [4.69, 9.17) is 0 Å². The Balaban J connectivity index is 2.38. The topological polar surface area (TPSA) is 52.7 Å². The Morgan fingerprint density at radius 3 is 2.34 bits per heavy atom. The van der Waals surface area contributed by atoms with Crippen molar-refractivity contribution >= 4 is 23.2 Å². The van der Waals surface area contributed by atoms with E-state index in [-0.39, 0.29) is 23.3 Å². The van der Waals surface area contributed by atoms with Gasteiger partial charge in [0.2, 0.25) is 5.91 Å². The number of nitrogens with zero attached hydrogens (tertiary/aromatic N) is 2. The van der Waals surface area contributed by atoms with Gasteiger partial charge in [0.25, 0.3) is 5.91 Å². The number of hydrogen-bond acceptors (Lipinski definition) is 3. The second-order valence-corrected chi connectivity index (χ2v) is 9.72. The number of rotatable bonds is 8. The summed E-state index contributed by atoms with van der Waals surface area (Å²) in [6.07, 6.45) is 1.18. The van der Waals surface area contributed by atoms with Gasteiger partial charge in [0.1, 0.15) is 5.82 Å². The zero-order valence-corrected chi connectivity index (χ0v) is 20.3. The van der Waals surface area contributed by atoms with Gasteiger partial charge >= 0.3 is 0 Å². The average Bonchev–Trinajstić information content (AvgIpc) is 2.69. The van der Waals surface area contributed by atoms with Crippen molar-refractivity contribution in [1.82, 2.24) is 4.90 Å². The zero-order valence-electron chi connectivity index (χ0n) is 20.3. The summed E-state index contributed by atoms with van der Waals surface area (Å²) < 4.78 is 13.7. The summed E-state index contributed by atoms with van der Waals surface area (Å²) in [4.78, 5) is 29.5. The minimum atomic E-state index is -0.433. The molecule has 0 saturated heterocycles. The third kappa shape index (κ3) is 7.08. The van der Waals surface area contributed by atoms with Crippen LogP contribution < -0.4 is 10.2 Å². The number of carbonyl (C=O) groups is 2. The Morgan fingerprint density at radius 1 is 1.09 bits per heavy atom. The van der Waals surface area contributed by atoms with Crippen LogP contribution >= 0.6 is 0 Å². The molecule has 0 radical (unpaired) electrons. The van der Waals surface area contributed by atoms with Crippen LogP contribution in [0.2, 0.25) is 0 Å². The first-order valence-electron chi connectivity index (χ1n) is 11.1. The average molecular weight is 442 g/mol. The predicted molar refractivity (Wildman–Crippen MR) is 129 cm³/mol. The highest BCUT2D eigenvalue weighted by molar-refractivity contribution is 5.94. The quantitative estimate of drug-likeness (QED) is 0.571. The second-order valence-electron chi connectivity index (χ2n) is 9.72. The molecular weight excluding hydrogens is 405 g/mol. The fraction of sp³-hybridized carbons (Fsp3) is 0.462. The van der Waals surface area contributed by atoms with Crippen molar-refractivity contribution in [3.8, 4) is 0 Å². The van der Waals surface area contributed by atoms with Crippen molar-refractivity contribution < 1.29 is 14.0 Å². The maximum atomic E-state index is 13.7. The third-order valence-corrected chi connectivity index (χ3v) is 5.33. The van der Waals surface area contributed by atoms with Gasteiger partial charge in [-0.3, -0.25) is 9.59 Å². The van der Waals surface area contributed by atoms with E-state index in [2.05, 4.69) is 5.32 Å². The van der Waals surface area contributed by atoms with Crippen molar-refractivity contribution in [2.24, 2.45) is 5.41 Å². The highest BCUT2D eigenvalue weighted by Crippen LogP contribution is 2.27. The molecule has 6 heteroatoms. The molecule has 0 aliphatic carbocycles. The van der Waals surface area contributed by atoms with Gasteiger partial charge in [0.05, 0.1) is 0 Å². The summed E-state index contributed by atoms with van der Waals surface area (Å²) in [5, 5.41) is 2.98. The maximum absolute atomic E-state index is 13.7. The van der Waals surface area contributed by atoms with E-state index in [0.717, 1.165) is 17.7 Å². The van der Waals surface area contributed by atoms with Crippen LogP contribution in [-0.4, -0.2) is 36.9 Å². The van der Waals surface area contributed by atoms with Crippen LogP contribution in [0.3, 0.4) is 0 Å². The summed E-state index contributed by atoms with van der Waals surface area (Å²) in [6.45, 7) is 10.4. The maximum Gasteiger partial charge on any atom is 0.254 e. The molecule has 1 atom stereocenters. The molecular formula is C26H36FN3O2. The highest BCUT2D eigenvalue weighted by atomic mass is 19.1. The molecule has 0 aromatic heterocycles. The lowest BCUT2D eigenvalue weighted by atomic mass is 9.92. The Bertz CT molecular complexity index is 950. The van der Waals surface area contributed by atoms with E-state index >= 15 is 0 Å². The molecule has 32 heavy (non-hydrogen) atoms. The molecule has 2 rings (SSSR count). The molecule has 0 aliphatic rings. The molecule has 0 bridgehead atoms. The monoisotopic (exact) mass is 441 g/mol. The van der Waals surface area contributed by atoms with Gasteiger partial charge in [-0.2, -0.15) is 0 Å². The van der Waals surface area contributed by atoms with Crippen molar-refractivity contribution in [1.29, 1.82) is 0 Å². The smallest absolute Gasteiger partial charge is 0.254 e. The lowest BCUT2D eigenvalue weighted by molar-refractivity contribution is -0.117. The highest BCUT2D eigenvalue weighted by Gasteiger charge is 2.23. The van der Waals surface area contributed by atoms with Crippen LogP contribution in [0, 0.1) is 11.2 Å². The van der Waals surface area contributed by atoms with E-state index in [9.17, 15) is 14.0 Å². The summed E-state index contributed by atoms with van der Waals surface area (Å²) in [7, 11) is 3.89. The predicted octanol–water partition coefficient (Wildman–Crippen LogP) is 5.71. The largest absolute Gasteiger partial charge is 0.377 e. The first kappa shape index (κ1) is 25.4. The van der Waals surface area contributed by atoms with Crippen LogP contribution in [0.1, 0.15) is 63.4 Å². The first-order chi connectivity index (χ1) is 14.9. The van der Waals surface area contributed by atoms with Gasteiger partial charge in [-0.05, 0) is 60.7 Å². The number of halogens is 1. The minimum absolute atomic E-state index is 0.0417. The van der Waals surface area contributed by atoms with E-state index in [0.29, 0.717) is 24.2 Å². The van der Waals surface area contributed by atoms with Crippen LogP contribution in [0.4, 0.5) is 15.8 Å². The number of amides is 2. The van der Waals surface area contributed by atoms with E-state index in [1.165, 1.54) is 12.1 Å². The van der Waals surface area contributed by atoms with Gasteiger partial charge < -0.3 is 15.1 Å². The Labute approximate surface area is 191 Å². The molecule has 0 aliphatic heterocycles. The molecule has 0 saturated carbocycles. The van der Waals surface area contributed by atoms with E-state index in [1.807, 2.05) is 71.8 Å². The van der Waals surface area contributed by atoms with Gasteiger partial charge in [0.15, 0.2) is 0 Å². The molecule has 1 N–H and O–H groups in total. The van der Waals surface area contributed by atoms with Crippen molar-refractivity contribution in [3.05, 3.63) is 59.4 Å². The molecule has 2 amide bonds. The molecule has 5 nitrogen and oxygen atoms in total. The molecule has 0 spiro atoms. The molecule has 2 aromatic carbocycles. The Hall–Kier alpha value is -2.89. The number of anilines is 2. The molecule has 174 valence electrons. The first-order valence-corrected chi connectivity index (χ1v) is 11.1. The SMILES string of the molecule is CCC(C)N(Cc1cc(NC(=O)CC(C)(C)C)ccc1N(C)C)C(=O)c1cccc(F)c1. The van der Waals surface area contributed by atoms with Gasteiger partial charge in [-0.15, -0.1) is 0 Å². The van der Waals surface area contributed by atoms with Gasteiger partial charge in [0, 0.05) is 50.0 Å². The van der Waals surface area contributed by atoms with Crippen molar-refractivity contribution in [3.63, 3.8) is 0 Å². The third-order valence-electron chi connectivity index (χ3n) is 5.33. The molecule has 2 aromatic rings. The molecule has 0 fully saturated rings. The Morgan fingerprint density at radius 2 is 1.78 bits per heavy atom. The number of nitrogens with one attached hydrogen (secondary N) is 1.